The lowest BCUT2D eigenvalue weighted by Crippen LogP contribution is -2.41. The van der Waals surface area contributed by atoms with Crippen LogP contribution in [-0.4, -0.2) is 60.0 Å². The maximum Gasteiger partial charge on any atom is 0.272 e. The van der Waals surface area contributed by atoms with Crippen molar-refractivity contribution in [2.75, 3.05) is 33.3 Å². The molecule has 1 N–H and O–H groups in total. The van der Waals surface area contributed by atoms with Crippen molar-refractivity contribution in [3.05, 3.63) is 29.5 Å². The molecule has 2 aromatic rings. The van der Waals surface area contributed by atoms with Crippen molar-refractivity contribution in [1.82, 2.24) is 20.0 Å². The van der Waals surface area contributed by atoms with Crippen molar-refractivity contribution in [3.8, 4) is 0 Å². The number of fused-ring (bicyclic) bond motifs is 1. The number of carbonyl (C=O) groups is 1. The van der Waals surface area contributed by atoms with Crippen LogP contribution < -0.4 is 5.32 Å². The first kappa shape index (κ1) is 16.0. The number of aryl methyl sites for hydroxylation is 2. The van der Waals surface area contributed by atoms with Gasteiger partial charge in [-0.3, -0.25) is 9.48 Å². The van der Waals surface area contributed by atoms with Gasteiger partial charge in [0.15, 0.2) is 5.69 Å². The molecule has 1 fully saturated rings. The van der Waals surface area contributed by atoms with E-state index in [0.29, 0.717) is 12.2 Å². The van der Waals surface area contributed by atoms with Crippen LogP contribution in [0.5, 0.6) is 0 Å². The molecule has 0 aliphatic carbocycles. The number of hydrogen-bond acceptors (Lipinski definition) is 4. The molecule has 1 aromatic carbocycles. The van der Waals surface area contributed by atoms with Crippen LogP contribution in [0.25, 0.3) is 10.9 Å². The Morgan fingerprint density at radius 2 is 2.26 bits per heavy atom. The van der Waals surface area contributed by atoms with Crippen LogP contribution in [0.2, 0.25) is 0 Å². The van der Waals surface area contributed by atoms with Crippen molar-refractivity contribution in [2.24, 2.45) is 7.05 Å². The Bertz CT molecular complexity index is 710. The molecular formula is C17H24N4O2. The fraction of sp³-hybridized carbons (Fsp3) is 0.529. The van der Waals surface area contributed by atoms with Gasteiger partial charge >= 0.3 is 0 Å². The van der Waals surface area contributed by atoms with Crippen molar-refractivity contribution >= 4 is 16.8 Å². The monoisotopic (exact) mass is 316 g/mol. The van der Waals surface area contributed by atoms with Crippen LogP contribution in [0.4, 0.5) is 0 Å². The average Bonchev–Trinajstić information content (AvgIpc) is 2.84. The number of rotatable bonds is 4. The number of morpholine rings is 1. The SMILES string of the molecule is Cc1ccc2c(c1)c(C(=O)NCC[C@H]1CN(C)CCO1)nn2C. The van der Waals surface area contributed by atoms with E-state index < -0.39 is 0 Å². The van der Waals surface area contributed by atoms with Crippen LogP contribution in [0.1, 0.15) is 22.5 Å². The number of nitrogens with zero attached hydrogens (tertiary/aromatic N) is 3. The second-order valence-corrected chi connectivity index (χ2v) is 6.29. The molecule has 23 heavy (non-hydrogen) atoms. The average molecular weight is 316 g/mol. The molecule has 1 aromatic heterocycles. The fourth-order valence-corrected chi connectivity index (χ4v) is 3.02. The first-order valence-electron chi connectivity index (χ1n) is 8.06. The van der Waals surface area contributed by atoms with E-state index in [1.807, 2.05) is 32.2 Å². The van der Waals surface area contributed by atoms with Crippen LogP contribution in [0.15, 0.2) is 18.2 Å². The standard InChI is InChI=1S/C17H24N4O2/c1-12-4-5-15-14(10-12)16(19-21(15)3)17(22)18-7-6-13-11-20(2)8-9-23-13/h4-5,10,13H,6-9,11H2,1-3H3,(H,18,22)/t13-/m0/s1. The second kappa shape index (κ2) is 6.68. The normalized spacial score (nSPS) is 19.2. The Kier molecular flexibility index (Phi) is 4.63. The van der Waals surface area contributed by atoms with Gasteiger partial charge in [-0.05, 0) is 32.5 Å². The molecule has 3 rings (SSSR count). The van der Waals surface area contributed by atoms with Gasteiger partial charge in [0.25, 0.3) is 5.91 Å². The number of hydrogen-bond donors (Lipinski definition) is 1. The first-order chi connectivity index (χ1) is 11.0. The largest absolute Gasteiger partial charge is 0.375 e. The van der Waals surface area contributed by atoms with Crippen LogP contribution in [0, 0.1) is 6.92 Å². The predicted molar refractivity (Wildman–Crippen MR) is 89.6 cm³/mol. The van der Waals surface area contributed by atoms with Gasteiger partial charge in [-0.15, -0.1) is 0 Å². The van der Waals surface area contributed by atoms with E-state index in [9.17, 15) is 4.79 Å². The summed E-state index contributed by atoms with van der Waals surface area (Å²) in [7, 11) is 3.95. The highest BCUT2D eigenvalue weighted by atomic mass is 16.5. The van der Waals surface area contributed by atoms with Gasteiger partial charge in [0.1, 0.15) is 0 Å². The summed E-state index contributed by atoms with van der Waals surface area (Å²) in [5, 5.41) is 8.25. The molecule has 0 radical (unpaired) electrons. The van der Waals surface area contributed by atoms with Gasteiger partial charge in [-0.25, -0.2) is 0 Å². The summed E-state index contributed by atoms with van der Waals surface area (Å²) in [5.74, 6) is -0.120. The van der Waals surface area contributed by atoms with Crippen molar-refractivity contribution in [2.45, 2.75) is 19.4 Å². The van der Waals surface area contributed by atoms with Gasteiger partial charge in [0.05, 0.1) is 18.2 Å². The van der Waals surface area contributed by atoms with Crippen LogP contribution in [-0.2, 0) is 11.8 Å². The third-order valence-corrected chi connectivity index (χ3v) is 4.31. The number of nitrogens with one attached hydrogen (secondary N) is 1. The molecular weight excluding hydrogens is 292 g/mol. The number of amides is 1. The van der Waals surface area contributed by atoms with Gasteiger partial charge in [-0.1, -0.05) is 11.6 Å². The highest BCUT2D eigenvalue weighted by Crippen LogP contribution is 2.19. The minimum atomic E-state index is -0.120. The Morgan fingerprint density at radius 3 is 3.04 bits per heavy atom. The molecule has 2 heterocycles. The van der Waals surface area contributed by atoms with Gasteiger partial charge in [0, 0.05) is 32.1 Å². The molecule has 6 heteroatoms. The number of likely N-dealkylation sites (N-methyl/N-ethyl adjacent to an activating group) is 1. The molecule has 1 atom stereocenters. The van der Waals surface area contributed by atoms with E-state index in [2.05, 4.69) is 22.4 Å². The molecule has 0 bridgehead atoms. The molecule has 0 spiro atoms. The van der Waals surface area contributed by atoms with Crippen molar-refractivity contribution in [3.63, 3.8) is 0 Å². The van der Waals surface area contributed by atoms with Crippen LogP contribution >= 0.6 is 0 Å². The van der Waals surface area contributed by atoms with E-state index in [1.165, 1.54) is 0 Å². The molecule has 6 nitrogen and oxygen atoms in total. The highest BCUT2D eigenvalue weighted by Gasteiger charge is 2.19. The van der Waals surface area contributed by atoms with E-state index in [4.69, 9.17) is 4.74 Å². The topological polar surface area (TPSA) is 59.4 Å². The third kappa shape index (κ3) is 3.54. The Balaban J connectivity index is 1.63. The summed E-state index contributed by atoms with van der Waals surface area (Å²) in [6.07, 6.45) is 1.01. The lowest BCUT2D eigenvalue weighted by atomic mass is 10.1. The lowest BCUT2D eigenvalue weighted by molar-refractivity contribution is -0.0226. The predicted octanol–water partition coefficient (Wildman–Crippen LogP) is 1.33. The smallest absolute Gasteiger partial charge is 0.272 e. The highest BCUT2D eigenvalue weighted by molar-refractivity contribution is 6.05. The molecule has 1 aliphatic heterocycles. The minimum absolute atomic E-state index is 0.120. The summed E-state index contributed by atoms with van der Waals surface area (Å²) in [6.45, 7) is 5.27. The number of ether oxygens (including phenoxy) is 1. The zero-order valence-corrected chi connectivity index (χ0v) is 14.0. The summed E-state index contributed by atoms with van der Waals surface area (Å²) in [5.41, 5.74) is 2.59. The van der Waals surface area contributed by atoms with Gasteiger partial charge in [-0.2, -0.15) is 5.10 Å². The first-order valence-corrected chi connectivity index (χ1v) is 8.06. The van der Waals surface area contributed by atoms with E-state index in [0.717, 1.165) is 42.6 Å². The lowest BCUT2D eigenvalue weighted by Gasteiger charge is -2.30. The molecule has 1 aliphatic rings. The van der Waals surface area contributed by atoms with E-state index in [1.54, 1.807) is 4.68 Å². The second-order valence-electron chi connectivity index (χ2n) is 6.29. The fourth-order valence-electron chi connectivity index (χ4n) is 3.02. The Labute approximate surface area is 136 Å². The van der Waals surface area contributed by atoms with Gasteiger partial charge in [0.2, 0.25) is 0 Å². The number of benzene rings is 1. The zero-order valence-electron chi connectivity index (χ0n) is 14.0. The number of carbonyl (C=O) groups excluding carboxylic acids is 1. The minimum Gasteiger partial charge on any atom is -0.375 e. The summed E-state index contributed by atoms with van der Waals surface area (Å²) < 4.78 is 7.47. The molecule has 124 valence electrons. The summed E-state index contributed by atoms with van der Waals surface area (Å²) in [4.78, 5) is 14.7. The molecule has 0 saturated carbocycles. The Morgan fingerprint density at radius 1 is 1.43 bits per heavy atom. The van der Waals surface area contributed by atoms with Crippen LogP contribution in [0.3, 0.4) is 0 Å². The maximum absolute atomic E-state index is 12.5. The Hall–Kier alpha value is -1.92. The van der Waals surface area contributed by atoms with Crippen molar-refractivity contribution < 1.29 is 9.53 Å². The third-order valence-electron chi connectivity index (χ3n) is 4.31. The number of aromatic nitrogens is 2. The van der Waals surface area contributed by atoms with Gasteiger partial charge < -0.3 is 15.0 Å². The molecule has 1 amide bonds. The molecule has 1 saturated heterocycles. The quantitative estimate of drug-likeness (QED) is 0.924. The molecule has 0 unspecified atom stereocenters. The zero-order chi connectivity index (χ0) is 16.4. The van der Waals surface area contributed by atoms with E-state index >= 15 is 0 Å². The maximum atomic E-state index is 12.5. The van der Waals surface area contributed by atoms with Crippen molar-refractivity contribution in [1.29, 1.82) is 0 Å². The summed E-state index contributed by atoms with van der Waals surface area (Å²) >= 11 is 0. The summed E-state index contributed by atoms with van der Waals surface area (Å²) in [6, 6.07) is 6.04. The van der Waals surface area contributed by atoms with E-state index in [-0.39, 0.29) is 12.0 Å².